The Balaban J connectivity index is 2.33. The van der Waals surface area contributed by atoms with Gasteiger partial charge in [-0.1, -0.05) is 6.07 Å². The Morgan fingerprint density at radius 1 is 1.53 bits per heavy atom. The number of halogens is 1. The molecule has 0 radical (unpaired) electrons. The number of nitrogens with zero attached hydrogens (tertiary/aromatic N) is 1. The van der Waals surface area contributed by atoms with E-state index in [1.165, 1.54) is 0 Å². The Hall–Kier alpha value is -1.14. The number of rotatable bonds is 4. The maximum atomic E-state index is 11.5. The fourth-order valence-corrected chi connectivity index (χ4v) is 1.67. The minimum absolute atomic E-state index is 0.171. The summed E-state index contributed by atoms with van der Waals surface area (Å²) in [7, 11) is 0. The highest BCUT2D eigenvalue weighted by molar-refractivity contribution is 9.10. The first-order valence-corrected chi connectivity index (χ1v) is 6.88. The lowest BCUT2D eigenvalue weighted by atomic mass is 10.1. The summed E-state index contributed by atoms with van der Waals surface area (Å²) in [6, 6.07) is 3.64. The van der Waals surface area contributed by atoms with Crippen LogP contribution in [-0.4, -0.2) is 29.3 Å². The van der Waals surface area contributed by atoms with Gasteiger partial charge in [0.1, 0.15) is 10.2 Å². The summed E-state index contributed by atoms with van der Waals surface area (Å²) in [6.07, 6.45) is 1.96. The molecule has 19 heavy (non-hydrogen) atoms. The number of carbonyl (C=O) groups is 1. The van der Waals surface area contributed by atoms with Crippen LogP contribution in [0.3, 0.4) is 0 Å². The molecule has 5 nitrogen and oxygen atoms in total. The largest absolute Gasteiger partial charge is 0.444 e. The van der Waals surface area contributed by atoms with Gasteiger partial charge in [0, 0.05) is 18.8 Å². The van der Waals surface area contributed by atoms with Crippen LogP contribution in [0.25, 0.3) is 0 Å². The molecule has 0 fully saturated rings. The van der Waals surface area contributed by atoms with Crippen molar-refractivity contribution in [1.29, 1.82) is 0 Å². The molecule has 1 aromatic rings. The number of hydrogen-bond donors (Lipinski definition) is 2. The van der Waals surface area contributed by atoms with Gasteiger partial charge in [-0.3, -0.25) is 0 Å². The van der Waals surface area contributed by atoms with Crippen molar-refractivity contribution in [3.05, 3.63) is 28.5 Å². The van der Waals surface area contributed by atoms with E-state index in [9.17, 15) is 4.79 Å². The van der Waals surface area contributed by atoms with Crippen LogP contribution in [0.2, 0.25) is 0 Å². The van der Waals surface area contributed by atoms with Gasteiger partial charge in [-0.25, -0.2) is 9.78 Å². The molecule has 0 spiro atoms. The van der Waals surface area contributed by atoms with E-state index in [1.54, 1.807) is 6.20 Å². The van der Waals surface area contributed by atoms with Gasteiger partial charge in [0.05, 0.1) is 0 Å². The van der Waals surface area contributed by atoms with E-state index in [-0.39, 0.29) is 6.04 Å². The van der Waals surface area contributed by atoms with Gasteiger partial charge in [0.25, 0.3) is 0 Å². The van der Waals surface area contributed by atoms with Crippen LogP contribution in [0.15, 0.2) is 22.9 Å². The van der Waals surface area contributed by atoms with E-state index in [1.807, 2.05) is 32.9 Å². The van der Waals surface area contributed by atoms with Gasteiger partial charge in [0.2, 0.25) is 0 Å². The average molecular weight is 330 g/mol. The number of ether oxygens (including phenoxy) is 1. The van der Waals surface area contributed by atoms with Crippen molar-refractivity contribution in [2.45, 2.75) is 38.8 Å². The summed E-state index contributed by atoms with van der Waals surface area (Å²) < 4.78 is 5.92. The van der Waals surface area contributed by atoms with Gasteiger partial charge >= 0.3 is 6.09 Å². The molecule has 0 aliphatic heterocycles. The summed E-state index contributed by atoms with van der Waals surface area (Å²) in [5.74, 6) is 0. The second-order valence-electron chi connectivity index (χ2n) is 5.34. The van der Waals surface area contributed by atoms with E-state index >= 15 is 0 Å². The summed E-state index contributed by atoms with van der Waals surface area (Å²) >= 11 is 3.27. The lowest BCUT2D eigenvalue weighted by Crippen LogP contribution is -2.41. The van der Waals surface area contributed by atoms with Crippen LogP contribution >= 0.6 is 15.9 Å². The van der Waals surface area contributed by atoms with Crippen molar-refractivity contribution < 1.29 is 9.53 Å². The Morgan fingerprint density at radius 3 is 2.74 bits per heavy atom. The van der Waals surface area contributed by atoms with E-state index < -0.39 is 11.7 Å². The molecular weight excluding hydrogens is 310 g/mol. The third-order valence-corrected chi connectivity index (χ3v) is 2.66. The lowest BCUT2D eigenvalue weighted by molar-refractivity contribution is 0.0524. The minimum Gasteiger partial charge on any atom is -0.444 e. The predicted octanol–water partition coefficient (Wildman–Crippen LogP) is 2.24. The molecule has 106 valence electrons. The van der Waals surface area contributed by atoms with E-state index in [2.05, 4.69) is 26.2 Å². The first-order chi connectivity index (χ1) is 8.76. The van der Waals surface area contributed by atoms with Crippen molar-refractivity contribution in [3.8, 4) is 0 Å². The third kappa shape index (κ3) is 7.12. The SMILES string of the molecule is CC(C)(C)OC(=O)NCC(N)Cc1ccc(Br)nc1. The molecule has 0 saturated carbocycles. The number of hydrogen-bond acceptors (Lipinski definition) is 4. The average Bonchev–Trinajstić information content (AvgIpc) is 2.27. The summed E-state index contributed by atoms with van der Waals surface area (Å²) in [5.41, 5.74) is 6.48. The van der Waals surface area contributed by atoms with Crippen molar-refractivity contribution in [1.82, 2.24) is 10.3 Å². The number of aromatic nitrogens is 1. The van der Waals surface area contributed by atoms with Gasteiger partial charge in [-0.2, -0.15) is 0 Å². The highest BCUT2D eigenvalue weighted by atomic mass is 79.9. The van der Waals surface area contributed by atoms with Gasteiger partial charge < -0.3 is 15.8 Å². The van der Waals surface area contributed by atoms with Crippen molar-refractivity contribution in [2.75, 3.05) is 6.54 Å². The zero-order chi connectivity index (χ0) is 14.5. The number of nitrogens with one attached hydrogen (secondary N) is 1. The number of nitrogens with two attached hydrogens (primary N) is 1. The maximum Gasteiger partial charge on any atom is 0.407 e. The quantitative estimate of drug-likeness (QED) is 0.830. The Morgan fingerprint density at radius 2 is 2.21 bits per heavy atom. The molecule has 1 unspecified atom stereocenters. The molecule has 3 N–H and O–H groups in total. The normalized spacial score (nSPS) is 12.9. The number of alkyl carbamates (subject to hydrolysis) is 1. The van der Waals surface area contributed by atoms with Gasteiger partial charge in [-0.15, -0.1) is 0 Å². The number of amides is 1. The summed E-state index contributed by atoms with van der Waals surface area (Å²) in [5, 5.41) is 2.65. The smallest absolute Gasteiger partial charge is 0.407 e. The van der Waals surface area contributed by atoms with Gasteiger partial charge in [0.15, 0.2) is 0 Å². The second-order valence-corrected chi connectivity index (χ2v) is 6.15. The summed E-state index contributed by atoms with van der Waals surface area (Å²) in [6.45, 7) is 5.82. The second kappa shape index (κ2) is 6.86. The monoisotopic (exact) mass is 329 g/mol. The molecule has 0 aliphatic carbocycles. The first-order valence-electron chi connectivity index (χ1n) is 6.09. The molecule has 0 saturated heterocycles. The zero-order valence-electron chi connectivity index (χ0n) is 11.4. The van der Waals surface area contributed by atoms with Crippen LogP contribution < -0.4 is 11.1 Å². The molecule has 0 bridgehead atoms. The van der Waals surface area contributed by atoms with Crippen molar-refractivity contribution >= 4 is 22.0 Å². The molecule has 1 amide bonds. The molecule has 1 rings (SSSR count). The number of carbonyl (C=O) groups excluding carboxylic acids is 1. The zero-order valence-corrected chi connectivity index (χ0v) is 13.0. The fourth-order valence-electron chi connectivity index (χ4n) is 1.43. The predicted molar refractivity (Wildman–Crippen MR) is 77.9 cm³/mol. The Kier molecular flexibility index (Phi) is 5.75. The highest BCUT2D eigenvalue weighted by Crippen LogP contribution is 2.08. The molecule has 1 atom stereocenters. The molecule has 0 aromatic carbocycles. The van der Waals surface area contributed by atoms with Crippen LogP contribution in [-0.2, 0) is 11.2 Å². The molecule has 6 heteroatoms. The first kappa shape index (κ1) is 15.9. The molecule has 0 aliphatic rings. The fraction of sp³-hybridized carbons (Fsp3) is 0.538. The maximum absolute atomic E-state index is 11.5. The third-order valence-electron chi connectivity index (χ3n) is 2.19. The van der Waals surface area contributed by atoms with Crippen LogP contribution in [0.1, 0.15) is 26.3 Å². The van der Waals surface area contributed by atoms with E-state index in [0.717, 1.165) is 10.2 Å². The highest BCUT2D eigenvalue weighted by Gasteiger charge is 2.16. The van der Waals surface area contributed by atoms with E-state index in [4.69, 9.17) is 10.5 Å². The van der Waals surface area contributed by atoms with Crippen molar-refractivity contribution in [3.63, 3.8) is 0 Å². The van der Waals surface area contributed by atoms with Crippen molar-refractivity contribution in [2.24, 2.45) is 5.73 Å². The van der Waals surface area contributed by atoms with Crippen LogP contribution in [0.4, 0.5) is 4.79 Å². The Labute approximate surface area is 122 Å². The lowest BCUT2D eigenvalue weighted by Gasteiger charge is -2.20. The molecule has 1 heterocycles. The molecular formula is C13H20BrN3O2. The molecule has 1 aromatic heterocycles. The van der Waals surface area contributed by atoms with Gasteiger partial charge in [-0.05, 0) is 54.8 Å². The topological polar surface area (TPSA) is 77.2 Å². The van der Waals surface area contributed by atoms with Crippen LogP contribution in [0, 0.1) is 0 Å². The summed E-state index contributed by atoms with van der Waals surface area (Å²) in [4.78, 5) is 15.6. The van der Waals surface area contributed by atoms with E-state index in [0.29, 0.717) is 13.0 Å². The minimum atomic E-state index is -0.496. The number of pyridine rings is 1. The standard InChI is InChI=1S/C13H20BrN3O2/c1-13(2,3)19-12(18)17-8-10(15)6-9-4-5-11(14)16-7-9/h4-5,7,10H,6,8,15H2,1-3H3,(H,17,18). The Bertz CT molecular complexity index is 415. The van der Waals surface area contributed by atoms with Crippen LogP contribution in [0.5, 0.6) is 0 Å².